The van der Waals surface area contributed by atoms with Gasteiger partial charge in [0.25, 0.3) is 0 Å². The van der Waals surface area contributed by atoms with Crippen molar-refractivity contribution in [2.45, 2.75) is 18.7 Å². The minimum atomic E-state index is -0.604. The minimum absolute atomic E-state index is 0.0602. The van der Waals surface area contributed by atoms with Gasteiger partial charge in [-0.1, -0.05) is 12.1 Å². The fourth-order valence-corrected chi connectivity index (χ4v) is 3.57. The quantitative estimate of drug-likeness (QED) is 0.354. The molecule has 0 radical (unpaired) electrons. The van der Waals surface area contributed by atoms with Crippen molar-refractivity contribution in [2.75, 3.05) is 24.2 Å². The van der Waals surface area contributed by atoms with Gasteiger partial charge in [-0.2, -0.15) is 0 Å². The van der Waals surface area contributed by atoms with Crippen LogP contribution in [-0.4, -0.2) is 25.6 Å². The lowest BCUT2D eigenvalue weighted by molar-refractivity contribution is 0.112. The maximum absolute atomic E-state index is 12.4. The van der Waals surface area contributed by atoms with E-state index in [1.807, 2.05) is 48.7 Å². The second-order valence-electron chi connectivity index (χ2n) is 5.88. The van der Waals surface area contributed by atoms with E-state index in [0.29, 0.717) is 17.4 Å². The molecule has 0 amide bonds. The summed E-state index contributed by atoms with van der Waals surface area (Å²) in [5, 5.41) is 0.763. The van der Waals surface area contributed by atoms with Crippen LogP contribution in [0.4, 0.5) is 5.69 Å². The van der Waals surface area contributed by atoms with E-state index in [2.05, 4.69) is 18.7 Å². The van der Waals surface area contributed by atoms with Crippen LogP contribution in [0.5, 0.6) is 0 Å². The number of carbonyl (C=O) groups is 1. The Balaban J connectivity index is 2.28. The van der Waals surface area contributed by atoms with Gasteiger partial charge in [-0.25, -0.2) is 4.79 Å². The average Bonchev–Trinajstić information content (AvgIpc) is 2.68. The Kier molecular flexibility index (Phi) is 5.47. The first-order valence-electron chi connectivity index (χ1n) is 8.58. The number of benzene rings is 2. The molecule has 1 aromatic heterocycles. The van der Waals surface area contributed by atoms with Gasteiger partial charge in [-0.15, -0.1) is 11.8 Å². The third kappa shape index (κ3) is 3.27. The molecule has 0 spiro atoms. The molecule has 0 aliphatic heterocycles. The van der Waals surface area contributed by atoms with E-state index in [1.54, 1.807) is 11.8 Å². The second kappa shape index (κ2) is 7.79. The summed E-state index contributed by atoms with van der Waals surface area (Å²) >= 11 is 1.64. The molecule has 134 valence electrons. The predicted molar refractivity (Wildman–Crippen MR) is 109 cm³/mol. The molecule has 3 rings (SSSR count). The van der Waals surface area contributed by atoms with Gasteiger partial charge in [-0.3, -0.25) is 4.79 Å². The standard InChI is InChI=1S/C21H21NO3S/c1-4-22(5-2)15-8-11-17-19(12-15)25-21(24)18(13-23)20(17)14-6-9-16(26-3)10-7-14/h6-13H,4-5H2,1-3H3. The molecule has 4 nitrogen and oxygen atoms in total. The molecule has 0 fully saturated rings. The molecule has 2 aromatic carbocycles. The smallest absolute Gasteiger partial charge is 0.347 e. The predicted octanol–water partition coefficient (Wildman–Crippen LogP) is 4.84. The highest BCUT2D eigenvalue weighted by molar-refractivity contribution is 7.98. The lowest BCUT2D eigenvalue weighted by Gasteiger charge is -2.21. The molecule has 0 aliphatic carbocycles. The van der Waals surface area contributed by atoms with E-state index in [4.69, 9.17) is 4.42 Å². The van der Waals surface area contributed by atoms with E-state index in [1.165, 1.54) is 0 Å². The molecule has 5 heteroatoms. The summed E-state index contributed by atoms with van der Waals surface area (Å²) in [4.78, 5) is 27.3. The van der Waals surface area contributed by atoms with E-state index >= 15 is 0 Å². The van der Waals surface area contributed by atoms with Crippen LogP contribution >= 0.6 is 11.8 Å². The molecule has 0 atom stereocenters. The Morgan fingerprint density at radius 3 is 2.35 bits per heavy atom. The molecule has 0 N–H and O–H groups in total. The van der Waals surface area contributed by atoms with Crippen LogP contribution in [0.3, 0.4) is 0 Å². The molecule has 0 bridgehead atoms. The maximum Gasteiger partial charge on any atom is 0.347 e. The number of thioether (sulfide) groups is 1. The lowest BCUT2D eigenvalue weighted by Crippen LogP contribution is -2.21. The van der Waals surface area contributed by atoms with Crippen LogP contribution in [0.2, 0.25) is 0 Å². The number of hydrogen-bond donors (Lipinski definition) is 0. The molecule has 0 aliphatic rings. The Morgan fingerprint density at radius 2 is 1.77 bits per heavy atom. The van der Waals surface area contributed by atoms with E-state index in [0.717, 1.165) is 34.6 Å². The van der Waals surface area contributed by atoms with E-state index in [9.17, 15) is 9.59 Å². The summed E-state index contributed by atoms with van der Waals surface area (Å²) in [7, 11) is 0. The lowest BCUT2D eigenvalue weighted by atomic mass is 9.97. The van der Waals surface area contributed by atoms with Crippen LogP contribution in [-0.2, 0) is 0 Å². The zero-order chi connectivity index (χ0) is 18.7. The third-order valence-electron chi connectivity index (χ3n) is 4.55. The van der Waals surface area contributed by atoms with Gasteiger partial charge in [0.2, 0.25) is 0 Å². The Bertz CT molecular complexity index is 989. The number of carbonyl (C=O) groups excluding carboxylic acids is 1. The number of aldehydes is 1. The van der Waals surface area contributed by atoms with Gasteiger partial charge in [0.05, 0.1) is 0 Å². The van der Waals surface area contributed by atoms with Crippen LogP contribution in [0.25, 0.3) is 22.1 Å². The molecule has 0 saturated carbocycles. The van der Waals surface area contributed by atoms with Crippen molar-refractivity contribution < 1.29 is 9.21 Å². The fraction of sp³-hybridized carbons (Fsp3) is 0.238. The van der Waals surface area contributed by atoms with Crippen molar-refractivity contribution in [3.05, 3.63) is 58.4 Å². The molecule has 0 unspecified atom stereocenters. The van der Waals surface area contributed by atoms with Crippen LogP contribution < -0.4 is 10.5 Å². The van der Waals surface area contributed by atoms with Crippen molar-refractivity contribution in [1.82, 2.24) is 0 Å². The van der Waals surface area contributed by atoms with Gasteiger partial charge >= 0.3 is 5.63 Å². The Labute approximate surface area is 156 Å². The second-order valence-corrected chi connectivity index (χ2v) is 6.76. The minimum Gasteiger partial charge on any atom is -0.422 e. The first kappa shape index (κ1) is 18.3. The van der Waals surface area contributed by atoms with Crippen LogP contribution in [0.15, 0.2) is 56.6 Å². The van der Waals surface area contributed by atoms with Gasteiger partial charge in [0.15, 0.2) is 6.29 Å². The number of hydrogen-bond acceptors (Lipinski definition) is 5. The fourth-order valence-electron chi connectivity index (χ4n) is 3.17. The number of rotatable bonds is 6. The monoisotopic (exact) mass is 367 g/mol. The Hall–Kier alpha value is -2.53. The summed E-state index contributed by atoms with van der Waals surface area (Å²) in [6.45, 7) is 5.89. The van der Waals surface area contributed by atoms with Gasteiger partial charge in [0, 0.05) is 40.7 Å². The maximum atomic E-state index is 12.4. The third-order valence-corrected chi connectivity index (χ3v) is 5.30. The Morgan fingerprint density at radius 1 is 1.08 bits per heavy atom. The van der Waals surface area contributed by atoms with Crippen molar-refractivity contribution >= 4 is 34.7 Å². The van der Waals surface area contributed by atoms with Crippen molar-refractivity contribution in [1.29, 1.82) is 0 Å². The van der Waals surface area contributed by atoms with Crippen molar-refractivity contribution in [3.63, 3.8) is 0 Å². The topological polar surface area (TPSA) is 50.5 Å². The van der Waals surface area contributed by atoms with E-state index in [-0.39, 0.29) is 5.56 Å². The van der Waals surface area contributed by atoms with Gasteiger partial charge in [-0.05, 0) is 49.9 Å². The first-order chi connectivity index (χ1) is 12.6. The zero-order valence-corrected chi connectivity index (χ0v) is 15.9. The summed E-state index contributed by atoms with van der Waals surface area (Å²) in [5.74, 6) is 0. The largest absolute Gasteiger partial charge is 0.422 e. The normalized spacial score (nSPS) is 10.9. The van der Waals surface area contributed by atoms with Crippen molar-refractivity contribution in [2.24, 2.45) is 0 Å². The van der Waals surface area contributed by atoms with Crippen LogP contribution in [0.1, 0.15) is 24.2 Å². The summed E-state index contributed by atoms with van der Waals surface area (Å²) < 4.78 is 5.45. The highest BCUT2D eigenvalue weighted by Crippen LogP contribution is 2.33. The number of anilines is 1. The zero-order valence-electron chi connectivity index (χ0n) is 15.1. The highest BCUT2D eigenvalue weighted by Gasteiger charge is 2.17. The first-order valence-corrected chi connectivity index (χ1v) is 9.80. The highest BCUT2D eigenvalue weighted by atomic mass is 32.2. The van der Waals surface area contributed by atoms with Gasteiger partial charge < -0.3 is 9.32 Å². The average molecular weight is 367 g/mol. The van der Waals surface area contributed by atoms with Gasteiger partial charge in [0.1, 0.15) is 11.1 Å². The summed E-state index contributed by atoms with van der Waals surface area (Å²) in [6.07, 6.45) is 2.59. The molecule has 26 heavy (non-hydrogen) atoms. The molecule has 0 saturated heterocycles. The molecule has 3 aromatic rings. The number of nitrogens with zero attached hydrogens (tertiary/aromatic N) is 1. The van der Waals surface area contributed by atoms with Crippen LogP contribution in [0, 0.1) is 0 Å². The summed E-state index contributed by atoms with van der Waals surface area (Å²) in [6, 6.07) is 13.6. The van der Waals surface area contributed by atoms with E-state index < -0.39 is 5.63 Å². The molecule has 1 heterocycles. The SMILES string of the molecule is CCN(CC)c1ccc2c(-c3ccc(SC)cc3)c(C=O)c(=O)oc2c1. The van der Waals surface area contributed by atoms with Crippen molar-refractivity contribution in [3.8, 4) is 11.1 Å². The molecular formula is C21H21NO3S. The summed E-state index contributed by atoms with van der Waals surface area (Å²) in [5.41, 5.74) is 2.41. The molecular weight excluding hydrogens is 346 g/mol. The number of fused-ring (bicyclic) bond motifs is 1.